The molecule has 104 valence electrons. The van der Waals surface area contributed by atoms with Gasteiger partial charge in [0.05, 0.1) is 19.3 Å². The van der Waals surface area contributed by atoms with E-state index in [1.165, 1.54) is 0 Å². The van der Waals surface area contributed by atoms with Crippen molar-refractivity contribution in [3.63, 3.8) is 0 Å². The molecule has 0 saturated heterocycles. The van der Waals surface area contributed by atoms with E-state index in [0.29, 0.717) is 18.6 Å². The topological polar surface area (TPSA) is 34.4 Å². The van der Waals surface area contributed by atoms with E-state index in [1.54, 1.807) is 0 Å². The lowest BCUT2D eigenvalue weighted by Crippen LogP contribution is -2.21. The molecule has 0 saturated carbocycles. The molecule has 0 aliphatic heterocycles. The third-order valence-electron chi connectivity index (χ3n) is 3.20. The van der Waals surface area contributed by atoms with Crippen LogP contribution in [-0.4, -0.2) is 12.1 Å². The predicted molar refractivity (Wildman–Crippen MR) is 74.5 cm³/mol. The number of hydrogen-bond donors (Lipinski definition) is 1. The highest BCUT2D eigenvalue weighted by atomic mass is 16.5. The molecule has 1 heterocycles. The third kappa shape index (κ3) is 4.83. The molecule has 0 spiro atoms. The van der Waals surface area contributed by atoms with Crippen molar-refractivity contribution < 1.29 is 9.15 Å². The SMILES string of the molecule is Cc1oc(CNC(C)C)cc1COC(C)C(C)C. The lowest BCUT2D eigenvalue weighted by molar-refractivity contribution is 0.0230. The van der Waals surface area contributed by atoms with Gasteiger partial charge in [0.2, 0.25) is 0 Å². The van der Waals surface area contributed by atoms with Gasteiger partial charge in [-0.15, -0.1) is 0 Å². The van der Waals surface area contributed by atoms with E-state index in [4.69, 9.17) is 9.15 Å². The van der Waals surface area contributed by atoms with E-state index in [1.807, 2.05) is 6.92 Å². The summed E-state index contributed by atoms with van der Waals surface area (Å²) in [7, 11) is 0. The fourth-order valence-corrected chi connectivity index (χ4v) is 1.54. The molecule has 0 aliphatic rings. The van der Waals surface area contributed by atoms with Gasteiger partial charge in [-0.3, -0.25) is 0 Å². The molecule has 3 heteroatoms. The molecule has 3 nitrogen and oxygen atoms in total. The average molecular weight is 253 g/mol. The van der Waals surface area contributed by atoms with E-state index in [-0.39, 0.29) is 6.10 Å². The second-order valence-corrected chi connectivity index (χ2v) is 5.59. The highest BCUT2D eigenvalue weighted by molar-refractivity contribution is 5.20. The van der Waals surface area contributed by atoms with Crippen LogP contribution in [0.1, 0.15) is 51.7 Å². The van der Waals surface area contributed by atoms with Crippen molar-refractivity contribution in [3.8, 4) is 0 Å². The summed E-state index contributed by atoms with van der Waals surface area (Å²) in [4.78, 5) is 0. The van der Waals surface area contributed by atoms with Crippen LogP contribution in [0.2, 0.25) is 0 Å². The van der Waals surface area contributed by atoms with Crippen LogP contribution < -0.4 is 5.32 Å². The van der Waals surface area contributed by atoms with Gasteiger partial charge in [-0.2, -0.15) is 0 Å². The quantitative estimate of drug-likeness (QED) is 0.805. The highest BCUT2D eigenvalue weighted by Gasteiger charge is 2.11. The van der Waals surface area contributed by atoms with Gasteiger partial charge in [-0.25, -0.2) is 0 Å². The molecule has 1 N–H and O–H groups in total. The first-order valence-corrected chi connectivity index (χ1v) is 6.83. The molecular weight excluding hydrogens is 226 g/mol. The largest absolute Gasteiger partial charge is 0.465 e. The fraction of sp³-hybridized carbons (Fsp3) is 0.733. The maximum Gasteiger partial charge on any atom is 0.118 e. The van der Waals surface area contributed by atoms with Crippen molar-refractivity contribution in [1.82, 2.24) is 5.32 Å². The van der Waals surface area contributed by atoms with Crippen molar-refractivity contribution >= 4 is 0 Å². The van der Waals surface area contributed by atoms with Gasteiger partial charge in [0, 0.05) is 11.6 Å². The van der Waals surface area contributed by atoms with E-state index in [0.717, 1.165) is 23.6 Å². The Morgan fingerprint density at radius 3 is 2.44 bits per heavy atom. The van der Waals surface area contributed by atoms with E-state index in [2.05, 4.69) is 46.0 Å². The Kier molecular flexibility index (Phi) is 5.89. The zero-order valence-electron chi connectivity index (χ0n) is 12.5. The monoisotopic (exact) mass is 253 g/mol. The zero-order chi connectivity index (χ0) is 13.7. The third-order valence-corrected chi connectivity index (χ3v) is 3.20. The number of furan rings is 1. The van der Waals surface area contributed by atoms with Gasteiger partial charge >= 0.3 is 0 Å². The smallest absolute Gasteiger partial charge is 0.118 e. The summed E-state index contributed by atoms with van der Waals surface area (Å²) in [6.45, 7) is 14.1. The Hall–Kier alpha value is -0.800. The van der Waals surface area contributed by atoms with Crippen LogP contribution in [0.15, 0.2) is 10.5 Å². The fourth-order valence-electron chi connectivity index (χ4n) is 1.54. The molecule has 0 fully saturated rings. The van der Waals surface area contributed by atoms with Crippen LogP contribution in [0.4, 0.5) is 0 Å². The molecule has 1 rings (SSSR count). The lowest BCUT2D eigenvalue weighted by atomic mass is 10.1. The second kappa shape index (κ2) is 6.95. The first kappa shape index (κ1) is 15.3. The van der Waals surface area contributed by atoms with E-state index >= 15 is 0 Å². The summed E-state index contributed by atoms with van der Waals surface area (Å²) in [5.41, 5.74) is 1.16. The Bertz CT molecular complexity index is 355. The standard InChI is InChI=1S/C15H27NO2/c1-10(2)12(5)17-9-14-7-15(18-13(14)6)8-16-11(3)4/h7,10-12,16H,8-9H2,1-6H3. The lowest BCUT2D eigenvalue weighted by Gasteiger charge is -2.15. The van der Waals surface area contributed by atoms with Gasteiger partial charge in [-0.1, -0.05) is 27.7 Å². The molecule has 1 atom stereocenters. The Morgan fingerprint density at radius 2 is 1.89 bits per heavy atom. The van der Waals surface area contributed by atoms with Crippen LogP contribution in [-0.2, 0) is 17.9 Å². The molecular formula is C15H27NO2. The van der Waals surface area contributed by atoms with Gasteiger partial charge < -0.3 is 14.5 Å². The summed E-state index contributed by atoms with van der Waals surface area (Å²) < 4.78 is 11.5. The van der Waals surface area contributed by atoms with Gasteiger partial charge in [0.15, 0.2) is 0 Å². The number of rotatable bonds is 7. The van der Waals surface area contributed by atoms with Gasteiger partial charge in [0.25, 0.3) is 0 Å². The Morgan fingerprint density at radius 1 is 1.22 bits per heavy atom. The normalized spacial score (nSPS) is 13.6. The van der Waals surface area contributed by atoms with Gasteiger partial charge in [0.1, 0.15) is 11.5 Å². The van der Waals surface area contributed by atoms with Crippen LogP contribution >= 0.6 is 0 Å². The minimum atomic E-state index is 0.275. The summed E-state index contributed by atoms with van der Waals surface area (Å²) in [6.07, 6.45) is 0.275. The first-order valence-electron chi connectivity index (χ1n) is 6.83. The first-order chi connectivity index (χ1) is 8.40. The molecule has 1 unspecified atom stereocenters. The van der Waals surface area contributed by atoms with Crippen molar-refractivity contribution in [3.05, 3.63) is 23.2 Å². The molecule has 1 aromatic rings. The summed E-state index contributed by atoms with van der Waals surface area (Å²) in [6, 6.07) is 2.56. The van der Waals surface area contributed by atoms with Crippen LogP contribution in [0.25, 0.3) is 0 Å². The minimum Gasteiger partial charge on any atom is -0.465 e. The number of nitrogens with one attached hydrogen (secondary N) is 1. The van der Waals surface area contributed by atoms with E-state index in [9.17, 15) is 0 Å². The van der Waals surface area contributed by atoms with Crippen LogP contribution in [0, 0.1) is 12.8 Å². The predicted octanol–water partition coefficient (Wildman–Crippen LogP) is 3.65. The molecule has 18 heavy (non-hydrogen) atoms. The zero-order valence-corrected chi connectivity index (χ0v) is 12.5. The Balaban J connectivity index is 2.51. The van der Waals surface area contributed by atoms with Crippen molar-refractivity contribution in [2.24, 2.45) is 5.92 Å². The molecule has 1 aromatic heterocycles. The number of hydrogen-bond acceptors (Lipinski definition) is 3. The summed E-state index contributed by atoms with van der Waals surface area (Å²) in [5.74, 6) is 2.49. The summed E-state index contributed by atoms with van der Waals surface area (Å²) >= 11 is 0. The number of aryl methyl sites for hydroxylation is 1. The number of ether oxygens (including phenoxy) is 1. The summed E-state index contributed by atoms with van der Waals surface area (Å²) in [5, 5.41) is 3.35. The molecule has 0 bridgehead atoms. The average Bonchev–Trinajstić information content (AvgIpc) is 2.64. The molecule has 0 amide bonds. The molecule has 0 aliphatic carbocycles. The second-order valence-electron chi connectivity index (χ2n) is 5.59. The van der Waals surface area contributed by atoms with Crippen molar-refractivity contribution in [1.29, 1.82) is 0 Å². The minimum absolute atomic E-state index is 0.275. The van der Waals surface area contributed by atoms with Crippen LogP contribution in [0.3, 0.4) is 0 Å². The van der Waals surface area contributed by atoms with E-state index < -0.39 is 0 Å². The highest BCUT2D eigenvalue weighted by Crippen LogP contribution is 2.17. The maximum absolute atomic E-state index is 5.83. The van der Waals surface area contributed by atoms with Gasteiger partial charge in [-0.05, 0) is 25.8 Å². The Labute approximate surface area is 111 Å². The molecule has 0 radical (unpaired) electrons. The molecule has 0 aromatic carbocycles. The maximum atomic E-state index is 5.83. The van der Waals surface area contributed by atoms with Crippen LogP contribution in [0.5, 0.6) is 0 Å². The van der Waals surface area contributed by atoms with Crippen molar-refractivity contribution in [2.75, 3.05) is 0 Å². The van der Waals surface area contributed by atoms with Crippen molar-refractivity contribution in [2.45, 2.75) is 66.8 Å².